The molecular weight excluding hydrogens is 236 g/mol. The summed E-state index contributed by atoms with van der Waals surface area (Å²) in [5, 5.41) is 1.17. The third-order valence-electron chi connectivity index (χ3n) is 4.00. The molecule has 0 aliphatic carbocycles. The molecule has 19 heavy (non-hydrogen) atoms. The van der Waals surface area contributed by atoms with Crippen molar-refractivity contribution in [1.82, 2.24) is 9.88 Å². The van der Waals surface area contributed by atoms with Gasteiger partial charge in [0, 0.05) is 23.5 Å². The Balaban J connectivity index is 1.96. The minimum atomic E-state index is 0.650. The lowest BCUT2D eigenvalue weighted by Crippen LogP contribution is -2.27. The van der Waals surface area contributed by atoms with Crippen molar-refractivity contribution in [2.45, 2.75) is 32.4 Å². The second-order valence-corrected chi connectivity index (χ2v) is 5.29. The number of para-hydroxylation sites is 1. The molecule has 1 unspecified atom stereocenters. The van der Waals surface area contributed by atoms with Gasteiger partial charge in [0.05, 0.1) is 5.52 Å². The number of hydrogen-bond donors (Lipinski definition) is 2. The van der Waals surface area contributed by atoms with Crippen molar-refractivity contribution in [3.63, 3.8) is 0 Å². The zero-order valence-corrected chi connectivity index (χ0v) is 11.3. The molecule has 4 heteroatoms. The van der Waals surface area contributed by atoms with E-state index in [1.165, 1.54) is 23.8 Å². The van der Waals surface area contributed by atoms with Gasteiger partial charge < -0.3 is 5.43 Å². The Morgan fingerprint density at radius 2 is 2.26 bits per heavy atom. The first-order chi connectivity index (χ1) is 9.28. The van der Waals surface area contributed by atoms with E-state index in [1.54, 1.807) is 0 Å². The number of nitrogens with one attached hydrogen (secondary N) is 1. The van der Waals surface area contributed by atoms with Gasteiger partial charge in [-0.1, -0.05) is 18.2 Å². The predicted molar refractivity (Wildman–Crippen MR) is 78.7 cm³/mol. The van der Waals surface area contributed by atoms with Crippen LogP contribution in [0.25, 0.3) is 10.9 Å². The summed E-state index contributed by atoms with van der Waals surface area (Å²) >= 11 is 0. The summed E-state index contributed by atoms with van der Waals surface area (Å²) in [4.78, 5) is 7.09. The zero-order chi connectivity index (χ0) is 13.2. The number of hydrazine groups is 1. The van der Waals surface area contributed by atoms with Gasteiger partial charge in [0.1, 0.15) is 5.82 Å². The molecule has 0 saturated carbocycles. The fraction of sp³-hybridized carbons (Fsp3) is 0.400. The Morgan fingerprint density at radius 3 is 3.00 bits per heavy atom. The predicted octanol–water partition coefficient (Wildman–Crippen LogP) is 2.50. The normalized spacial score (nSPS) is 20.0. The van der Waals surface area contributed by atoms with Gasteiger partial charge in [-0.05, 0) is 38.4 Å². The molecule has 1 atom stereocenters. The number of nitrogens with zero attached hydrogens (tertiary/aromatic N) is 2. The molecule has 1 aromatic carbocycles. The fourth-order valence-corrected chi connectivity index (χ4v) is 2.85. The van der Waals surface area contributed by atoms with E-state index in [0.717, 1.165) is 24.4 Å². The van der Waals surface area contributed by atoms with Crippen molar-refractivity contribution in [3.05, 3.63) is 35.9 Å². The van der Waals surface area contributed by atoms with Crippen molar-refractivity contribution in [2.24, 2.45) is 5.84 Å². The molecule has 100 valence electrons. The molecule has 2 aromatic rings. The molecule has 1 aliphatic heterocycles. The highest BCUT2D eigenvalue weighted by Crippen LogP contribution is 2.25. The maximum absolute atomic E-state index is 5.62. The summed E-state index contributed by atoms with van der Waals surface area (Å²) in [6.07, 6.45) is 2.57. The van der Waals surface area contributed by atoms with Crippen LogP contribution in [0.4, 0.5) is 5.82 Å². The summed E-state index contributed by atoms with van der Waals surface area (Å²) in [7, 11) is 0. The van der Waals surface area contributed by atoms with Gasteiger partial charge in [0.15, 0.2) is 0 Å². The molecule has 0 bridgehead atoms. The van der Waals surface area contributed by atoms with Gasteiger partial charge in [0.2, 0.25) is 0 Å². The lowest BCUT2D eigenvalue weighted by Gasteiger charge is -2.22. The lowest BCUT2D eigenvalue weighted by atomic mass is 10.1. The van der Waals surface area contributed by atoms with Crippen molar-refractivity contribution in [1.29, 1.82) is 0 Å². The number of pyridine rings is 1. The van der Waals surface area contributed by atoms with Gasteiger partial charge in [-0.2, -0.15) is 0 Å². The van der Waals surface area contributed by atoms with E-state index in [9.17, 15) is 0 Å². The largest absolute Gasteiger partial charge is 0.308 e. The van der Waals surface area contributed by atoms with Crippen LogP contribution in [0.15, 0.2) is 30.3 Å². The van der Waals surface area contributed by atoms with E-state index in [0.29, 0.717) is 6.04 Å². The van der Waals surface area contributed by atoms with E-state index in [-0.39, 0.29) is 0 Å². The van der Waals surface area contributed by atoms with E-state index in [2.05, 4.69) is 34.4 Å². The molecule has 0 spiro atoms. The van der Waals surface area contributed by atoms with Crippen LogP contribution in [0, 0.1) is 0 Å². The van der Waals surface area contributed by atoms with E-state index in [4.69, 9.17) is 5.84 Å². The van der Waals surface area contributed by atoms with Crippen LogP contribution in [0.5, 0.6) is 0 Å². The smallest absolute Gasteiger partial charge is 0.145 e. The number of benzene rings is 1. The number of nitrogens with two attached hydrogens (primary N) is 1. The van der Waals surface area contributed by atoms with Gasteiger partial charge in [0.25, 0.3) is 0 Å². The molecule has 1 aliphatic rings. The maximum Gasteiger partial charge on any atom is 0.145 e. The summed E-state index contributed by atoms with van der Waals surface area (Å²) in [6, 6.07) is 11.0. The molecule has 1 fully saturated rings. The molecule has 2 heterocycles. The van der Waals surface area contributed by atoms with Gasteiger partial charge >= 0.3 is 0 Å². The third kappa shape index (κ3) is 2.41. The minimum absolute atomic E-state index is 0.650. The summed E-state index contributed by atoms with van der Waals surface area (Å²) in [5.74, 6) is 6.41. The number of hydrogen-bond acceptors (Lipinski definition) is 4. The molecule has 1 saturated heterocycles. The number of rotatable bonds is 3. The van der Waals surface area contributed by atoms with Crippen LogP contribution in [-0.4, -0.2) is 22.5 Å². The average Bonchev–Trinajstić information content (AvgIpc) is 2.83. The lowest BCUT2D eigenvalue weighted by molar-refractivity contribution is 0.260. The quantitative estimate of drug-likeness (QED) is 0.654. The number of anilines is 1. The van der Waals surface area contributed by atoms with Gasteiger partial charge in [-0.3, -0.25) is 4.90 Å². The summed E-state index contributed by atoms with van der Waals surface area (Å²) in [6.45, 7) is 4.37. The van der Waals surface area contributed by atoms with Crippen molar-refractivity contribution >= 4 is 16.7 Å². The molecule has 1 aromatic heterocycles. The maximum atomic E-state index is 5.62. The van der Waals surface area contributed by atoms with Crippen LogP contribution in [0.1, 0.15) is 25.3 Å². The Labute approximate surface area is 113 Å². The van der Waals surface area contributed by atoms with Crippen molar-refractivity contribution < 1.29 is 0 Å². The molecule has 0 radical (unpaired) electrons. The number of aromatic nitrogens is 1. The van der Waals surface area contributed by atoms with E-state index >= 15 is 0 Å². The Morgan fingerprint density at radius 1 is 1.42 bits per heavy atom. The van der Waals surface area contributed by atoms with Gasteiger partial charge in [-0.15, -0.1) is 0 Å². The highest BCUT2D eigenvalue weighted by atomic mass is 15.3. The van der Waals surface area contributed by atoms with E-state index < -0.39 is 0 Å². The van der Waals surface area contributed by atoms with Gasteiger partial charge in [-0.25, -0.2) is 10.8 Å². The highest BCUT2D eigenvalue weighted by Gasteiger charge is 2.21. The standard InChI is InChI=1S/C15H20N4/c1-11-5-4-8-19(11)10-13-9-12-6-2-3-7-14(12)17-15(13)18-16/h2-3,6-7,9,11H,4-5,8,10,16H2,1H3,(H,17,18). The number of likely N-dealkylation sites (tertiary alicyclic amines) is 1. The molecule has 3 N–H and O–H groups in total. The van der Waals surface area contributed by atoms with Crippen LogP contribution in [-0.2, 0) is 6.54 Å². The van der Waals surface area contributed by atoms with E-state index in [1.807, 2.05) is 18.2 Å². The first kappa shape index (κ1) is 12.4. The summed E-state index contributed by atoms with van der Waals surface area (Å²) < 4.78 is 0. The summed E-state index contributed by atoms with van der Waals surface area (Å²) in [5.41, 5.74) is 4.89. The SMILES string of the molecule is CC1CCCN1Cc1cc2ccccc2nc1NN. The molecular formula is C15H20N4. The first-order valence-corrected chi connectivity index (χ1v) is 6.87. The molecule has 3 rings (SSSR count). The fourth-order valence-electron chi connectivity index (χ4n) is 2.85. The number of nitrogen functional groups attached to an aromatic ring is 1. The number of fused-ring (bicyclic) bond motifs is 1. The topological polar surface area (TPSA) is 54.2 Å². The highest BCUT2D eigenvalue weighted by molar-refractivity contribution is 5.81. The first-order valence-electron chi connectivity index (χ1n) is 6.87. The third-order valence-corrected chi connectivity index (χ3v) is 4.00. The van der Waals surface area contributed by atoms with Crippen molar-refractivity contribution in [3.8, 4) is 0 Å². The Hall–Kier alpha value is -1.65. The van der Waals surface area contributed by atoms with Crippen LogP contribution in [0.3, 0.4) is 0 Å². The zero-order valence-electron chi connectivity index (χ0n) is 11.3. The molecule has 4 nitrogen and oxygen atoms in total. The molecule has 0 amide bonds. The minimum Gasteiger partial charge on any atom is -0.308 e. The Kier molecular flexibility index (Phi) is 3.36. The van der Waals surface area contributed by atoms with Crippen molar-refractivity contribution in [2.75, 3.05) is 12.0 Å². The van der Waals surface area contributed by atoms with Crippen LogP contribution in [0.2, 0.25) is 0 Å². The van der Waals surface area contributed by atoms with Crippen LogP contribution >= 0.6 is 0 Å². The monoisotopic (exact) mass is 256 g/mol. The second kappa shape index (κ2) is 5.15. The van der Waals surface area contributed by atoms with Crippen LogP contribution < -0.4 is 11.3 Å². The average molecular weight is 256 g/mol. The second-order valence-electron chi connectivity index (χ2n) is 5.29. The Bertz CT molecular complexity index is 581.